The van der Waals surface area contributed by atoms with Crippen LogP contribution in [0, 0.1) is 45.3 Å². The van der Waals surface area contributed by atoms with Gasteiger partial charge in [-0.2, -0.15) is 34.2 Å². The molecule has 0 bridgehead atoms. The van der Waals surface area contributed by atoms with Gasteiger partial charge in [-0.15, -0.1) is 0 Å². The average Bonchev–Trinajstić information content (AvgIpc) is 2.18. The summed E-state index contributed by atoms with van der Waals surface area (Å²) in [6.45, 7) is 5.72. The fraction of sp³-hybridized carbons (Fsp3) is 0.556. The number of rotatable bonds is 0. The fourth-order valence-electron chi connectivity index (χ4n) is 0. The number of alkyl halides is 3. The van der Waals surface area contributed by atoms with Gasteiger partial charge in [0.05, 0.1) is 24.3 Å². The van der Waals surface area contributed by atoms with Gasteiger partial charge in [-0.25, -0.2) is 8.42 Å². The van der Waals surface area contributed by atoms with Crippen molar-refractivity contribution in [3.8, 4) is 24.3 Å². The van der Waals surface area contributed by atoms with Crippen LogP contribution in [0.4, 0.5) is 13.2 Å². The molecule has 7 nitrogen and oxygen atoms in total. The second-order valence-corrected chi connectivity index (χ2v) is 3.17. The third kappa shape index (κ3) is 92.3. The molecule has 21 heavy (non-hydrogen) atoms. The maximum atomic E-state index is 10.7. The summed E-state index contributed by atoms with van der Waals surface area (Å²) >= 11 is 0. The second-order valence-electron chi connectivity index (χ2n) is 1.79. The van der Waals surface area contributed by atoms with Gasteiger partial charge in [0.25, 0.3) is 0 Å². The molecule has 0 unspecified atom stereocenters. The molecular formula is C9H12CuF3N4O3S-. The first-order valence-electron chi connectivity index (χ1n) is 4.17. The zero-order valence-electron chi connectivity index (χ0n) is 11.4. The molecule has 0 aromatic carbocycles. The van der Waals surface area contributed by atoms with Crippen molar-refractivity contribution < 1.29 is 43.2 Å². The summed E-state index contributed by atoms with van der Waals surface area (Å²) in [6, 6.07) is 7.00. The zero-order valence-corrected chi connectivity index (χ0v) is 13.1. The Morgan fingerprint density at radius 2 is 0.857 bits per heavy atom. The van der Waals surface area contributed by atoms with Crippen molar-refractivity contribution >= 4 is 10.1 Å². The summed E-state index contributed by atoms with van der Waals surface area (Å²) in [5, 5.41) is 29.3. The monoisotopic (exact) mass is 376 g/mol. The van der Waals surface area contributed by atoms with Gasteiger partial charge in [-0.05, 0) is 0 Å². The number of halogens is 3. The van der Waals surface area contributed by atoms with Crippen molar-refractivity contribution in [2.24, 2.45) is 0 Å². The van der Waals surface area contributed by atoms with E-state index in [9.17, 15) is 13.2 Å². The van der Waals surface area contributed by atoms with E-state index in [1.807, 2.05) is 0 Å². The number of hydrogen-bond donors (Lipinski definition) is 0. The molecule has 0 fully saturated rings. The van der Waals surface area contributed by atoms with Crippen LogP contribution in [0.3, 0.4) is 0 Å². The van der Waals surface area contributed by atoms with Gasteiger partial charge >= 0.3 is 5.51 Å². The normalized spacial score (nSPS) is 6.86. The van der Waals surface area contributed by atoms with Gasteiger partial charge in [-0.3, -0.25) is 0 Å². The van der Waals surface area contributed by atoms with E-state index in [1.165, 1.54) is 27.7 Å². The van der Waals surface area contributed by atoms with Crippen LogP contribution in [-0.4, -0.2) is 18.5 Å². The summed E-state index contributed by atoms with van der Waals surface area (Å²) in [6.07, 6.45) is 0. The minimum Gasteiger partial charge on any atom is -0.741 e. The molecular weight excluding hydrogens is 365 g/mol. The topological polar surface area (TPSA) is 152 Å². The van der Waals surface area contributed by atoms with E-state index >= 15 is 0 Å². The van der Waals surface area contributed by atoms with E-state index in [-0.39, 0.29) is 17.1 Å². The third-order valence-electron chi connectivity index (χ3n) is 0.283. The molecule has 0 aliphatic rings. The molecule has 125 valence electrons. The van der Waals surface area contributed by atoms with Crippen LogP contribution in [0.1, 0.15) is 27.7 Å². The molecule has 0 atom stereocenters. The maximum Gasteiger partial charge on any atom is 0.485 e. The van der Waals surface area contributed by atoms with E-state index < -0.39 is 15.6 Å². The van der Waals surface area contributed by atoms with Gasteiger partial charge in [0, 0.05) is 44.8 Å². The smallest absolute Gasteiger partial charge is 0.485 e. The van der Waals surface area contributed by atoms with Gasteiger partial charge in [-0.1, -0.05) is 0 Å². The average molecular weight is 377 g/mol. The molecule has 0 N–H and O–H groups in total. The van der Waals surface area contributed by atoms with Gasteiger partial charge in [0.15, 0.2) is 10.1 Å². The van der Waals surface area contributed by atoms with E-state index in [4.69, 9.17) is 34.0 Å². The molecule has 0 spiro atoms. The van der Waals surface area contributed by atoms with Crippen molar-refractivity contribution in [2.45, 2.75) is 33.2 Å². The van der Waals surface area contributed by atoms with E-state index in [2.05, 4.69) is 0 Å². The van der Waals surface area contributed by atoms with Crippen LogP contribution in [0.15, 0.2) is 0 Å². The van der Waals surface area contributed by atoms with Crippen LogP contribution in [-0.2, 0) is 27.2 Å². The minimum atomic E-state index is -6.09. The van der Waals surface area contributed by atoms with Crippen LogP contribution in [0.25, 0.3) is 0 Å². The Morgan fingerprint density at radius 3 is 0.857 bits per heavy atom. The summed E-state index contributed by atoms with van der Waals surface area (Å²) < 4.78 is 58.9. The van der Waals surface area contributed by atoms with E-state index in [0.29, 0.717) is 0 Å². The molecule has 0 aromatic heterocycles. The standard InChI is InChI=1S/4C2H3N.CHF3O3S.Cu/c4*1-2-3;2-1(3,4)8(5,6)7;/h4*1H3;(H,5,6,7);/p-1. The predicted molar refractivity (Wildman–Crippen MR) is 60.9 cm³/mol. The molecule has 0 heterocycles. The Hall–Kier alpha value is -1.82. The number of nitrogens with zero attached hydrogens (tertiary/aromatic N) is 4. The summed E-state index contributed by atoms with van der Waals surface area (Å²) in [7, 11) is -6.09. The summed E-state index contributed by atoms with van der Waals surface area (Å²) in [5.41, 5.74) is -5.65. The molecule has 0 saturated heterocycles. The fourth-order valence-corrected chi connectivity index (χ4v) is 0. The van der Waals surface area contributed by atoms with Gasteiger partial charge in [0.2, 0.25) is 0 Å². The van der Waals surface area contributed by atoms with Crippen molar-refractivity contribution in [3.05, 3.63) is 0 Å². The van der Waals surface area contributed by atoms with E-state index in [0.717, 1.165) is 0 Å². The SMILES string of the molecule is CC#N.CC#N.CC#N.CC#N.O=S(=O)([O-])C(F)(F)F.[Cu]. The summed E-state index contributed by atoms with van der Waals surface area (Å²) in [4.78, 5) is 0. The Kier molecular flexibility index (Phi) is 46.4. The van der Waals surface area contributed by atoms with Crippen LogP contribution < -0.4 is 0 Å². The van der Waals surface area contributed by atoms with Crippen molar-refractivity contribution in [2.75, 3.05) is 0 Å². The molecule has 0 amide bonds. The molecule has 0 rings (SSSR count). The predicted octanol–water partition coefficient (Wildman–Crippen LogP) is 2.17. The summed E-state index contributed by atoms with van der Waals surface area (Å²) in [5.74, 6) is 0. The number of hydrogen-bond acceptors (Lipinski definition) is 7. The molecule has 0 aromatic rings. The van der Waals surface area contributed by atoms with Gasteiger partial charge < -0.3 is 4.55 Å². The van der Waals surface area contributed by atoms with Crippen LogP contribution in [0.2, 0.25) is 0 Å². The molecule has 0 aliphatic heterocycles. The Bertz CT molecular complexity index is 419. The van der Waals surface area contributed by atoms with Crippen molar-refractivity contribution in [1.82, 2.24) is 0 Å². The molecule has 0 aliphatic carbocycles. The first-order valence-corrected chi connectivity index (χ1v) is 5.57. The molecule has 12 heteroatoms. The Balaban J connectivity index is -0.0000000369. The second kappa shape index (κ2) is 26.7. The van der Waals surface area contributed by atoms with Crippen LogP contribution >= 0.6 is 0 Å². The van der Waals surface area contributed by atoms with Crippen LogP contribution in [0.5, 0.6) is 0 Å². The largest absolute Gasteiger partial charge is 0.741 e. The maximum absolute atomic E-state index is 10.7. The first kappa shape index (κ1) is 36.5. The molecule has 0 saturated carbocycles. The van der Waals surface area contributed by atoms with Crippen molar-refractivity contribution in [1.29, 1.82) is 21.0 Å². The first-order chi connectivity index (χ1) is 8.91. The molecule has 1 radical (unpaired) electrons. The Morgan fingerprint density at radius 1 is 0.810 bits per heavy atom. The van der Waals surface area contributed by atoms with Crippen molar-refractivity contribution in [3.63, 3.8) is 0 Å². The Labute approximate surface area is 132 Å². The quantitative estimate of drug-likeness (QED) is 0.356. The zero-order chi connectivity index (χ0) is 17.8. The minimum absolute atomic E-state index is 0. The third-order valence-corrected chi connectivity index (χ3v) is 0.850. The van der Waals surface area contributed by atoms with Gasteiger partial charge in [0.1, 0.15) is 0 Å². The number of nitriles is 4. The van der Waals surface area contributed by atoms with E-state index in [1.54, 1.807) is 24.3 Å².